The van der Waals surface area contributed by atoms with E-state index in [1.54, 1.807) is 7.11 Å². The number of amides is 1. The van der Waals surface area contributed by atoms with E-state index in [0.29, 0.717) is 12.6 Å². The molecule has 0 aliphatic carbocycles. The maximum absolute atomic E-state index is 12.2. The summed E-state index contributed by atoms with van der Waals surface area (Å²) in [5.41, 5.74) is 1.03. The van der Waals surface area contributed by atoms with Crippen LogP contribution in [-0.2, 0) is 16.1 Å². The lowest BCUT2D eigenvalue weighted by atomic mass is 10.1. The molecular weight excluding hydrogens is 471 g/mol. The number of carbonyl (C=O) groups excluding carboxylic acids is 1. The first-order chi connectivity index (χ1) is 13.2. The minimum Gasteiger partial charge on any atom is -0.497 e. The molecule has 1 aromatic carbocycles. The Morgan fingerprint density at radius 1 is 1.18 bits per heavy atom. The van der Waals surface area contributed by atoms with Crippen LogP contribution in [0.25, 0.3) is 0 Å². The molecule has 0 atom stereocenters. The fourth-order valence-corrected chi connectivity index (χ4v) is 3.04. The van der Waals surface area contributed by atoms with Crippen LogP contribution in [0.4, 0.5) is 0 Å². The van der Waals surface area contributed by atoms with Crippen LogP contribution in [-0.4, -0.2) is 62.8 Å². The highest BCUT2D eigenvalue weighted by molar-refractivity contribution is 14.0. The van der Waals surface area contributed by atoms with Gasteiger partial charge in [-0.3, -0.25) is 4.79 Å². The van der Waals surface area contributed by atoms with E-state index >= 15 is 0 Å². The third kappa shape index (κ3) is 8.22. The minimum atomic E-state index is -0.0922. The molecule has 0 aromatic heterocycles. The van der Waals surface area contributed by atoms with Crippen molar-refractivity contribution in [2.24, 2.45) is 4.99 Å². The second-order valence-corrected chi connectivity index (χ2v) is 6.44. The fraction of sp³-hybridized carbons (Fsp3) is 0.600. The zero-order chi connectivity index (χ0) is 19.5. The van der Waals surface area contributed by atoms with Crippen molar-refractivity contribution in [2.75, 3.05) is 39.9 Å². The summed E-state index contributed by atoms with van der Waals surface area (Å²) in [4.78, 5) is 18.9. The van der Waals surface area contributed by atoms with Crippen molar-refractivity contribution in [3.63, 3.8) is 0 Å². The first-order valence-electron chi connectivity index (χ1n) is 9.70. The van der Waals surface area contributed by atoms with Gasteiger partial charge in [0.2, 0.25) is 5.91 Å². The Morgan fingerprint density at radius 3 is 2.43 bits per heavy atom. The molecular formula is C20H33IN4O3. The van der Waals surface area contributed by atoms with Gasteiger partial charge in [0, 0.05) is 32.8 Å². The molecule has 1 amide bonds. The summed E-state index contributed by atoms with van der Waals surface area (Å²) in [5.74, 6) is 1.51. The number of rotatable bonds is 8. The van der Waals surface area contributed by atoms with Gasteiger partial charge in [-0.25, -0.2) is 4.99 Å². The Morgan fingerprint density at radius 2 is 1.86 bits per heavy atom. The van der Waals surface area contributed by atoms with Crippen molar-refractivity contribution < 1.29 is 14.3 Å². The second-order valence-electron chi connectivity index (χ2n) is 6.44. The molecule has 0 radical (unpaired) electrons. The number of hydrogen-bond acceptors (Lipinski definition) is 4. The molecule has 1 saturated heterocycles. The van der Waals surface area contributed by atoms with E-state index < -0.39 is 0 Å². The number of benzene rings is 1. The zero-order valence-electron chi connectivity index (χ0n) is 17.1. The molecule has 7 nitrogen and oxygen atoms in total. The number of piperidine rings is 1. The maximum Gasteiger partial charge on any atom is 0.242 e. The molecule has 2 rings (SSSR count). The van der Waals surface area contributed by atoms with Crippen molar-refractivity contribution in [2.45, 2.75) is 39.3 Å². The van der Waals surface area contributed by atoms with E-state index in [9.17, 15) is 4.79 Å². The molecule has 1 fully saturated rings. The summed E-state index contributed by atoms with van der Waals surface area (Å²) in [6.07, 6.45) is 2.31. The van der Waals surface area contributed by atoms with Crippen molar-refractivity contribution in [1.29, 1.82) is 0 Å². The number of methoxy groups -OCH3 is 1. The van der Waals surface area contributed by atoms with E-state index in [-0.39, 0.29) is 36.4 Å². The molecule has 1 aromatic rings. The molecule has 0 spiro atoms. The Balaban J connectivity index is 0.00000392. The third-order valence-corrected chi connectivity index (χ3v) is 4.50. The van der Waals surface area contributed by atoms with Gasteiger partial charge in [-0.1, -0.05) is 12.1 Å². The Labute approximate surface area is 185 Å². The van der Waals surface area contributed by atoms with E-state index in [1.165, 1.54) is 0 Å². The highest BCUT2D eigenvalue weighted by Gasteiger charge is 2.21. The Bertz CT molecular complexity index is 602. The monoisotopic (exact) mass is 504 g/mol. The number of nitrogens with one attached hydrogen (secondary N) is 2. The highest BCUT2D eigenvalue weighted by atomic mass is 127. The average Bonchev–Trinajstić information content (AvgIpc) is 2.71. The van der Waals surface area contributed by atoms with Gasteiger partial charge in [0.1, 0.15) is 12.3 Å². The molecule has 158 valence electrons. The first kappa shape index (κ1) is 24.5. The Kier molecular flexibility index (Phi) is 11.9. The molecule has 1 aliphatic rings. The van der Waals surface area contributed by atoms with E-state index in [2.05, 4.69) is 20.5 Å². The van der Waals surface area contributed by atoms with Gasteiger partial charge >= 0.3 is 0 Å². The predicted molar refractivity (Wildman–Crippen MR) is 122 cm³/mol. The number of aliphatic imine (C=N–C) groups is 1. The van der Waals surface area contributed by atoms with Crippen LogP contribution in [0.1, 0.15) is 32.3 Å². The number of ether oxygens (including phenoxy) is 2. The smallest absolute Gasteiger partial charge is 0.242 e. The van der Waals surface area contributed by atoms with Crippen LogP contribution in [0.3, 0.4) is 0 Å². The van der Waals surface area contributed by atoms with Crippen molar-refractivity contribution >= 4 is 35.8 Å². The average molecular weight is 504 g/mol. The largest absolute Gasteiger partial charge is 0.497 e. The van der Waals surface area contributed by atoms with E-state index in [1.807, 2.05) is 38.1 Å². The molecule has 1 heterocycles. The quantitative estimate of drug-likeness (QED) is 0.323. The predicted octanol–water partition coefficient (Wildman–Crippen LogP) is 2.40. The van der Waals surface area contributed by atoms with Crippen LogP contribution in [0.5, 0.6) is 5.75 Å². The minimum absolute atomic E-state index is 0. The molecule has 0 bridgehead atoms. The van der Waals surface area contributed by atoms with Crippen LogP contribution in [0.2, 0.25) is 0 Å². The molecule has 0 saturated carbocycles. The highest BCUT2D eigenvalue weighted by Crippen LogP contribution is 2.14. The van der Waals surface area contributed by atoms with E-state index in [0.717, 1.165) is 56.4 Å². The summed E-state index contributed by atoms with van der Waals surface area (Å²) in [6.45, 7) is 7.98. The van der Waals surface area contributed by atoms with Crippen LogP contribution in [0, 0.1) is 0 Å². The number of halogens is 1. The number of nitrogens with zero attached hydrogens (tertiary/aromatic N) is 2. The third-order valence-electron chi connectivity index (χ3n) is 4.50. The number of carbonyl (C=O) groups is 1. The summed E-state index contributed by atoms with van der Waals surface area (Å²) in [7, 11) is 1.63. The SMILES string of the molecule is CCNC(=NCC(=O)NCc1ccc(OC)cc1)N1CCC(OCC)CC1.I. The molecule has 28 heavy (non-hydrogen) atoms. The van der Waals surface area contributed by atoms with Gasteiger partial charge in [0.25, 0.3) is 0 Å². The van der Waals surface area contributed by atoms with Gasteiger partial charge in [-0.2, -0.15) is 0 Å². The standard InChI is InChI=1S/C20H32N4O3.HI/c1-4-21-20(24-12-10-18(11-13-24)27-5-2)23-15-19(25)22-14-16-6-8-17(26-3)9-7-16;/h6-9,18H,4-5,10-15H2,1-3H3,(H,21,23)(H,22,25);1H. The van der Waals surface area contributed by atoms with Crippen molar-refractivity contribution in [1.82, 2.24) is 15.5 Å². The summed E-state index contributed by atoms with van der Waals surface area (Å²) in [6, 6.07) is 7.65. The first-order valence-corrected chi connectivity index (χ1v) is 9.70. The fourth-order valence-electron chi connectivity index (χ4n) is 3.04. The van der Waals surface area contributed by atoms with Crippen molar-refractivity contribution in [3.05, 3.63) is 29.8 Å². The lowest BCUT2D eigenvalue weighted by Crippen LogP contribution is -2.47. The van der Waals surface area contributed by atoms with E-state index in [4.69, 9.17) is 9.47 Å². The zero-order valence-corrected chi connectivity index (χ0v) is 19.4. The molecule has 0 unspecified atom stereocenters. The number of likely N-dealkylation sites (tertiary alicyclic amines) is 1. The van der Waals surface area contributed by atoms with Gasteiger partial charge in [-0.05, 0) is 44.4 Å². The number of hydrogen-bond donors (Lipinski definition) is 2. The maximum atomic E-state index is 12.2. The van der Waals surface area contributed by atoms with Crippen molar-refractivity contribution in [3.8, 4) is 5.75 Å². The molecule has 2 N–H and O–H groups in total. The van der Waals surface area contributed by atoms with Crippen LogP contribution in [0.15, 0.2) is 29.3 Å². The summed E-state index contributed by atoms with van der Waals surface area (Å²) < 4.78 is 10.8. The lowest BCUT2D eigenvalue weighted by Gasteiger charge is -2.34. The lowest BCUT2D eigenvalue weighted by molar-refractivity contribution is -0.119. The normalized spacial score (nSPS) is 15.0. The summed E-state index contributed by atoms with van der Waals surface area (Å²) in [5, 5.41) is 6.19. The van der Waals surface area contributed by atoms with Gasteiger partial charge in [0.15, 0.2) is 5.96 Å². The topological polar surface area (TPSA) is 75.2 Å². The summed E-state index contributed by atoms with van der Waals surface area (Å²) >= 11 is 0. The molecule has 8 heteroatoms. The van der Waals surface area contributed by atoms with Gasteiger partial charge in [-0.15, -0.1) is 24.0 Å². The van der Waals surface area contributed by atoms with Gasteiger partial charge < -0.3 is 25.0 Å². The number of guanidine groups is 1. The second kappa shape index (κ2) is 13.6. The molecule has 1 aliphatic heterocycles. The van der Waals surface area contributed by atoms with Crippen LogP contribution < -0.4 is 15.4 Å². The van der Waals surface area contributed by atoms with Gasteiger partial charge in [0.05, 0.1) is 13.2 Å². The Hall–Kier alpha value is -1.55. The van der Waals surface area contributed by atoms with Crippen LogP contribution >= 0.6 is 24.0 Å².